The molecule has 0 saturated heterocycles. The van der Waals surface area contributed by atoms with Crippen molar-refractivity contribution in [3.63, 3.8) is 0 Å². The number of carbonyl (C=O) groups excluding carboxylic acids is 1. The Morgan fingerprint density at radius 2 is 1.45 bits per heavy atom. The van der Waals surface area contributed by atoms with Crippen LogP contribution in [0.4, 0.5) is 0 Å². The Balaban J connectivity index is 1.28. The topological polar surface area (TPSA) is 97.8 Å². The number of aliphatic carboxylic acids is 1. The number of nitrogens with zero attached hydrogens (tertiary/aromatic N) is 1. The van der Waals surface area contributed by atoms with Gasteiger partial charge in [-0.2, -0.15) is 0 Å². The monoisotopic (exact) mass is 510 g/mol. The third-order valence-corrected chi connectivity index (χ3v) is 5.91. The first kappa shape index (κ1) is 26.4. The quantitative estimate of drug-likeness (QED) is 0.229. The van der Waals surface area contributed by atoms with Crippen LogP contribution >= 0.6 is 0 Å². The van der Waals surface area contributed by atoms with Gasteiger partial charge in [0.2, 0.25) is 0 Å². The van der Waals surface area contributed by atoms with Crippen LogP contribution in [0.2, 0.25) is 0 Å². The van der Waals surface area contributed by atoms with Gasteiger partial charge in [0.05, 0.1) is 13.2 Å². The zero-order valence-electron chi connectivity index (χ0n) is 21.0. The summed E-state index contributed by atoms with van der Waals surface area (Å²) in [7, 11) is 0. The van der Waals surface area contributed by atoms with E-state index in [1.807, 2.05) is 60.7 Å². The largest absolute Gasteiger partial charge is 0.493 e. The van der Waals surface area contributed by atoms with Crippen LogP contribution in [0, 0.1) is 0 Å². The lowest BCUT2D eigenvalue weighted by atomic mass is 10.0. The van der Waals surface area contributed by atoms with E-state index < -0.39 is 5.97 Å². The molecule has 0 aliphatic rings. The Bertz CT molecular complexity index is 1330. The molecule has 0 aliphatic heterocycles. The van der Waals surface area contributed by atoms with Crippen LogP contribution in [0.25, 0.3) is 11.1 Å². The lowest BCUT2D eigenvalue weighted by Gasteiger charge is -2.14. The van der Waals surface area contributed by atoms with E-state index in [4.69, 9.17) is 14.6 Å². The van der Waals surface area contributed by atoms with Crippen LogP contribution in [-0.2, 0) is 17.8 Å². The summed E-state index contributed by atoms with van der Waals surface area (Å²) in [5, 5.41) is 11.9. The molecule has 3 aromatic carbocycles. The Morgan fingerprint density at radius 3 is 2.16 bits per heavy atom. The number of ether oxygens (including phenoxy) is 2. The molecule has 0 fully saturated rings. The predicted octanol–water partition coefficient (Wildman–Crippen LogP) is 5.54. The first-order valence-electron chi connectivity index (χ1n) is 12.5. The molecular weight excluding hydrogens is 480 g/mol. The highest BCUT2D eigenvalue weighted by Crippen LogP contribution is 2.23. The number of nitrogens with one attached hydrogen (secondary N) is 1. The van der Waals surface area contributed by atoms with E-state index in [0.717, 1.165) is 28.0 Å². The number of pyridine rings is 1. The van der Waals surface area contributed by atoms with Crippen molar-refractivity contribution in [1.82, 2.24) is 10.3 Å². The summed E-state index contributed by atoms with van der Waals surface area (Å²) in [6, 6.07) is 28.9. The van der Waals surface area contributed by atoms with Crippen molar-refractivity contribution in [2.75, 3.05) is 13.2 Å². The summed E-state index contributed by atoms with van der Waals surface area (Å²) >= 11 is 0. The minimum absolute atomic E-state index is 0.00502. The van der Waals surface area contributed by atoms with E-state index >= 15 is 0 Å². The van der Waals surface area contributed by atoms with E-state index in [9.17, 15) is 9.59 Å². The summed E-state index contributed by atoms with van der Waals surface area (Å²) < 4.78 is 11.8. The Hall–Kier alpha value is -4.65. The predicted molar refractivity (Wildman–Crippen MR) is 145 cm³/mol. The highest BCUT2D eigenvalue weighted by molar-refractivity contribution is 5.92. The lowest BCUT2D eigenvalue weighted by Crippen LogP contribution is -2.24. The molecule has 4 aromatic rings. The molecule has 0 spiro atoms. The second-order valence-corrected chi connectivity index (χ2v) is 8.66. The van der Waals surface area contributed by atoms with Crippen molar-refractivity contribution in [3.05, 3.63) is 114 Å². The van der Waals surface area contributed by atoms with Crippen molar-refractivity contribution in [3.8, 4) is 22.6 Å². The molecule has 0 unspecified atom stereocenters. The van der Waals surface area contributed by atoms with E-state index in [2.05, 4.69) is 22.4 Å². The van der Waals surface area contributed by atoms with Gasteiger partial charge in [0.15, 0.2) is 0 Å². The molecule has 194 valence electrons. The molecule has 0 saturated carbocycles. The van der Waals surface area contributed by atoms with Gasteiger partial charge in [-0.1, -0.05) is 54.6 Å². The molecule has 0 atom stereocenters. The van der Waals surface area contributed by atoms with Gasteiger partial charge in [-0.25, -0.2) is 0 Å². The SMILES string of the molecule is O=C(O)CCc1ccc(OCCCOc2ccc(-c3ccccc3)cc2)cc1CNC(=O)c1ccccn1. The third-order valence-electron chi connectivity index (χ3n) is 5.91. The first-order valence-corrected chi connectivity index (χ1v) is 12.5. The maximum absolute atomic E-state index is 12.4. The minimum atomic E-state index is -0.872. The van der Waals surface area contributed by atoms with Crippen molar-refractivity contribution in [2.24, 2.45) is 0 Å². The van der Waals surface area contributed by atoms with E-state index in [1.165, 1.54) is 0 Å². The Morgan fingerprint density at radius 1 is 0.763 bits per heavy atom. The minimum Gasteiger partial charge on any atom is -0.493 e. The molecule has 2 N–H and O–H groups in total. The number of amides is 1. The fourth-order valence-electron chi connectivity index (χ4n) is 3.92. The number of aromatic nitrogens is 1. The summed E-state index contributed by atoms with van der Waals surface area (Å²) in [6.45, 7) is 1.20. The maximum Gasteiger partial charge on any atom is 0.303 e. The number of rotatable bonds is 13. The molecule has 0 bridgehead atoms. The second kappa shape index (κ2) is 13.6. The van der Waals surface area contributed by atoms with Gasteiger partial charge in [0.25, 0.3) is 5.91 Å². The molecule has 7 nitrogen and oxygen atoms in total. The van der Waals surface area contributed by atoms with Crippen LogP contribution < -0.4 is 14.8 Å². The molecule has 1 amide bonds. The molecule has 4 rings (SSSR count). The number of aryl methyl sites for hydroxylation is 1. The van der Waals surface area contributed by atoms with Crippen LogP contribution in [0.5, 0.6) is 11.5 Å². The van der Waals surface area contributed by atoms with E-state index in [-0.39, 0.29) is 18.9 Å². The molecule has 7 heteroatoms. The number of hydrogen-bond donors (Lipinski definition) is 2. The number of carboxylic acids is 1. The average Bonchev–Trinajstić information content (AvgIpc) is 2.96. The molecule has 1 aromatic heterocycles. The number of hydrogen-bond acceptors (Lipinski definition) is 5. The fraction of sp³-hybridized carbons (Fsp3) is 0.194. The Labute approximate surface area is 222 Å². The highest BCUT2D eigenvalue weighted by atomic mass is 16.5. The van der Waals surface area contributed by atoms with Crippen LogP contribution in [0.15, 0.2) is 97.2 Å². The normalized spacial score (nSPS) is 10.5. The van der Waals surface area contributed by atoms with Gasteiger partial charge >= 0.3 is 5.97 Å². The van der Waals surface area contributed by atoms with Crippen molar-refractivity contribution in [1.29, 1.82) is 0 Å². The van der Waals surface area contributed by atoms with Crippen molar-refractivity contribution in [2.45, 2.75) is 25.8 Å². The van der Waals surface area contributed by atoms with Crippen molar-refractivity contribution >= 4 is 11.9 Å². The maximum atomic E-state index is 12.4. The second-order valence-electron chi connectivity index (χ2n) is 8.66. The van der Waals surface area contributed by atoms with Gasteiger partial charge in [0.1, 0.15) is 17.2 Å². The van der Waals surface area contributed by atoms with Gasteiger partial charge in [-0.05, 0) is 65.1 Å². The number of benzene rings is 3. The van der Waals surface area contributed by atoms with Gasteiger partial charge in [0, 0.05) is 25.6 Å². The molecule has 38 heavy (non-hydrogen) atoms. The molecule has 0 radical (unpaired) electrons. The molecule has 0 aliphatic carbocycles. The summed E-state index contributed by atoms with van der Waals surface area (Å²) in [5.74, 6) is 0.287. The smallest absolute Gasteiger partial charge is 0.303 e. The summed E-state index contributed by atoms with van der Waals surface area (Å²) in [5.41, 5.74) is 4.28. The van der Waals surface area contributed by atoms with E-state index in [0.29, 0.717) is 37.5 Å². The fourth-order valence-corrected chi connectivity index (χ4v) is 3.92. The Kier molecular flexibility index (Phi) is 9.45. The third kappa shape index (κ3) is 7.93. The van der Waals surface area contributed by atoms with Gasteiger partial charge in [-0.15, -0.1) is 0 Å². The zero-order chi connectivity index (χ0) is 26.6. The van der Waals surface area contributed by atoms with Crippen LogP contribution in [0.1, 0.15) is 34.5 Å². The van der Waals surface area contributed by atoms with Crippen LogP contribution in [0.3, 0.4) is 0 Å². The summed E-state index contributed by atoms with van der Waals surface area (Å²) in [4.78, 5) is 27.6. The van der Waals surface area contributed by atoms with Gasteiger partial charge < -0.3 is 19.9 Å². The van der Waals surface area contributed by atoms with Crippen LogP contribution in [-0.4, -0.2) is 35.2 Å². The number of carbonyl (C=O) groups is 2. The average molecular weight is 511 g/mol. The lowest BCUT2D eigenvalue weighted by molar-refractivity contribution is -0.136. The molecular formula is C31H30N2O5. The first-order chi connectivity index (χ1) is 18.6. The van der Waals surface area contributed by atoms with E-state index in [1.54, 1.807) is 24.4 Å². The van der Waals surface area contributed by atoms with Gasteiger partial charge in [-0.3, -0.25) is 14.6 Å². The standard InChI is InChI=1S/C31H30N2O5/c34-30(35)17-13-25-12-16-28(21-26(25)22-33-31(36)29-9-4-5-18-32-29)38-20-6-19-37-27-14-10-24(11-15-27)23-7-2-1-3-8-23/h1-5,7-12,14-16,18,21H,6,13,17,19-20,22H2,(H,33,36)(H,34,35). The highest BCUT2D eigenvalue weighted by Gasteiger charge is 2.11. The van der Waals surface area contributed by atoms with Crippen molar-refractivity contribution < 1.29 is 24.2 Å². The summed E-state index contributed by atoms with van der Waals surface area (Å²) in [6.07, 6.45) is 2.62. The molecule has 1 heterocycles. The zero-order valence-corrected chi connectivity index (χ0v) is 21.0. The number of carboxylic acid groups (broad SMARTS) is 1.